The SMILES string of the molecule is CC=O.CSCCCN(C)C(C)Cc1ccc2c(c1)OCO2.O=CO. The maximum Gasteiger partial charge on any atom is 0.290 e. The van der Waals surface area contributed by atoms with Crippen LogP contribution in [0.2, 0.25) is 0 Å². The lowest BCUT2D eigenvalue weighted by molar-refractivity contribution is -0.122. The van der Waals surface area contributed by atoms with Crippen LogP contribution in [0.4, 0.5) is 0 Å². The first-order valence-corrected chi connectivity index (χ1v) is 9.48. The Labute approximate surface area is 154 Å². The van der Waals surface area contributed by atoms with E-state index in [1.54, 1.807) is 0 Å². The largest absolute Gasteiger partial charge is 0.483 e. The van der Waals surface area contributed by atoms with E-state index in [1.807, 2.05) is 17.8 Å². The summed E-state index contributed by atoms with van der Waals surface area (Å²) in [7, 11) is 2.21. The van der Waals surface area contributed by atoms with E-state index in [-0.39, 0.29) is 6.47 Å². The summed E-state index contributed by atoms with van der Waals surface area (Å²) in [6.45, 7) is 4.99. The Bertz CT molecular complexity index is 492. The van der Waals surface area contributed by atoms with Crippen LogP contribution in [0.5, 0.6) is 11.5 Å². The van der Waals surface area contributed by atoms with Crippen LogP contribution in [0, 0.1) is 0 Å². The number of ether oxygens (including phenoxy) is 2. The van der Waals surface area contributed by atoms with Gasteiger partial charge >= 0.3 is 0 Å². The number of fused-ring (bicyclic) bond motifs is 1. The van der Waals surface area contributed by atoms with Gasteiger partial charge in [0.2, 0.25) is 6.79 Å². The number of thioether (sulfide) groups is 1. The second-order valence-electron chi connectivity index (χ2n) is 5.41. The minimum Gasteiger partial charge on any atom is -0.483 e. The summed E-state index contributed by atoms with van der Waals surface area (Å²) >= 11 is 1.92. The van der Waals surface area contributed by atoms with Crippen molar-refractivity contribution in [2.45, 2.75) is 32.7 Å². The van der Waals surface area contributed by atoms with Gasteiger partial charge in [-0.15, -0.1) is 0 Å². The minimum absolute atomic E-state index is 0.250. The maximum absolute atomic E-state index is 8.81. The lowest BCUT2D eigenvalue weighted by Gasteiger charge is -2.24. The number of hydrogen-bond acceptors (Lipinski definition) is 6. The number of carbonyl (C=O) groups excluding carboxylic acids is 1. The first kappa shape index (κ1) is 23.3. The average Bonchev–Trinajstić information content (AvgIpc) is 3.04. The van der Waals surface area contributed by atoms with Gasteiger partial charge in [0, 0.05) is 6.04 Å². The van der Waals surface area contributed by atoms with Crippen LogP contribution in [0.15, 0.2) is 18.2 Å². The normalized spacial score (nSPS) is 12.4. The zero-order valence-corrected chi connectivity index (χ0v) is 16.3. The molecule has 1 aromatic carbocycles. The molecule has 0 spiro atoms. The third-order valence-corrected chi connectivity index (χ3v) is 4.28. The van der Waals surface area contributed by atoms with Crippen molar-refractivity contribution < 1.29 is 24.2 Å². The highest BCUT2D eigenvalue weighted by atomic mass is 32.2. The summed E-state index contributed by atoms with van der Waals surface area (Å²) in [6.07, 6.45) is 5.21. The third kappa shape index (κ3) is 9.99. The van der Waals surface area contributed by atoms with E-state index in [0.717, 1.165) is 30.8 Å². The van der Waals surface area contributed by atoms with Gasteiger partial charge in [-0.2, -0.15) is 11.8 Å². The van der Waals surface area contributed by atoms with Gasteiger partial charge in [0.05, 0.1) is 0 Å². The van der Waals surface area contributed by atoms with E-state index in [0.29, 0.717) is 12.8 Å². The van der Waals surface area contributed by atoms with E-state index in [4.69, 9.17) is 24.2 Å². The van der Waals surface area contributed by atoms with Crippen molar-refractivity contribution in [2.75, 3.05) is 32.4 Å². The smallest absolute Gasteiger partial charge is 0.290 e. The van der Waals surface area contributed by atoms with Gasteiger partial charge in [-0.1, -0.05) is 6.07 Å². The number of hydrogen-bond donors (Lipinski definition) is 1. The molecule has 1 aliphatic heterocycles. The zero-order valence-electron chi connectivity index (χ0n) is 15.4. The summed E-state index contributed by atoms with van der Waals surface area (Å²) in [5.41, 5.74) is 1.31. The van der Waals surface area contributed by atoms with Crippen molar-refractivity contribution in [1.82, 2.24) is 4.90 Å². The molecule has 0 aromatic heterocycles. The number of benzene rings is 1. The van der Waals surface area contributed by atoms with E-state index in [2.05, 4.69) is 37.3 Å². The molecule has 1 atom stereocenters. The van der Waals surface area contributed by atoms with E-state index < -0.39 is 0 Å². The van der Waals surface area contributed by atoms with E-state index in [9.17, 15) is 0 Å². The summed E-state index contributed by atoms with van der Waals surface area (Å²) in [6, 6.07) is 6.80. The van der Waals surface area contributed by atoms with Crippen LogP contribution in [-0.2, 0) is 16.0 Å². The number of aldehydes is 1. The van der Waals surface area contributed by atoms with Gasteiger partial charge in [-0.25, -0.2) is 0 Å². The standard InChI is InChI=1S/C15H23NO2S.C2H4O.CH2O2/c1-12(16(2)7-4-8-19-3)9-13-5-6-14-15(10-13)18-11-17-14;1-2-3;2-1-3/h5-6,10,12H,4,7-9,11H2,1-3H3;2H,1H3;1H,(H,2,3). The Morgan fingerprint density at radius 2 is 1.92 bits per heavy atom. The maximum atomic E-state index is 8.81. The zero-order chi connectivity index (χ0) is 19.1. The fourth-order valence-corrected chi connectivity index (χ4v) is 2.66. The molecule has 0 saturated heterocycles. The summed E-state index contributed by atoms with van der Waals surface area (Å²) in [5, 5.41) is 6.89. The Morgan fingerprint density at radius 3 is 2.52 bits per heavy atom. The topological polar surface area (TPSA) is 76.1 Å². The highest BCUT2D eigenvalue weighted by Gasteiger charge is 2.15. The van der Waals surface area contributed by atoms with Crippen molar-refractivity contribution >= 4 is 24.5 Å². The van der Waals surface area contributed by atoms with Crippen LogP contribution in [0.1, 0.15) is 25.8 Å². The van der Waals surface area contributed by atoms with Crippen molar-refractivity contribution in [2.24, 2.45) is 0 Å². The molecule has 1 aliphatic rings. The highest BCUT2D eigenvalue weighted by Crippen LogP contribution is 2.32. The fourth-order valence-electron chi connectivity index (χ4n) is 2.24. The van der Waals surface area contributed by atoms with E-state index >= 15 is 0 Å². The van der Waals surface area contributed by atoms with Gasteiger partial charge in [-0.3, -0.25) is 4.79 Å². The molecule has 0 bridgehead atoms. The first-order chi connectivity index (χ1) is 12.0. The number of carboxylic acid groups (broad SMARTS) is 1. The number of likely N-dealkylation sites (N-methyl/N-ethyl adjacent to an activating group) is 1. The molecule has 2 rings (SSSR count). The Hall–Kier alpha value is -1.73. The molecule has 0 amide bonds. The minimum atomic E-state index is -0.250. The van der Waals surface area contributed by atoms with Crippen LogP contribution in [0.25, 0.3) is 0 Å². The van der Waals surface area contributed by atoms with E-state index in [1.165, 1.54) is 24.7 Å². The fraction of sp³-hybridized carbons (Fsp3) is 0.556. The van der Waals surface area contributed by atoms with Gasteiger partial charge in [0.25, 0.3) is 6.47 Å². The molecule has 1 N–H and O–H groups in total. The van der Waals surface area contributed by atoms with Crippen LogP contribution in [0.3, 0.4) is 0 Å². The molecule has 6 nitrogen and oxygen atoms in total. The van der Waals surface area contributed by atoms with Gasteiger partial charge in [0.1, 0.15) is 6.29 Å². The molecule has 0 saturated carbocycles. The van der Waals surface area contributed by atoms with Crippen LogP contribution in [-0.4, -0.2) is 61.2 Å². The van der Waals surface area contributed by atoms with Crippen LogP contribution < -0.4 is 9.47 Å². The Morgan fingerprint density at radius 1 is 1.32 bits per heavy atom. The summed E-state index contributed by atoms with van der Waals surface area (Å²) in [4.78, 5) is 19.6. The predicted molar refractivity (Wildman–Crippen MR) is 102 cm³/mol. The molecule has 0 fully saturated rings. The molecule has 1 heterocycles. The van der Waals surface area contributed by atoms with Crippen molar-refractivity contribution in [1.29, 1.82) is 0 Å². The Kier molecular flexibility index (Phi) is 13.6. The lowest BCUT2D eigenvalue weighted by atomic mass is 10.1. The molecule has 1 aromatic rings. The van der Waals surface area contributed by atoms with Gasteiger partial charge in [-0.05, 0) is 70.0 Å². The quantitative estimate of drug-likeness (QED) is 0.583. The summed E-state index contributed by atoms with van der Waals surface area (Å²) in [5.74, 6) is 2.99. The molecule has 0 radical (unpaired) electrons. The Balaban J connectivity index is 0.000000844. The van der Waals surface area contributed by atoms with Crippen molar-refractivity contribution in [3.63, 3.8) is 0 Å². The van der Waals surface area contributed by atoms with Gasteiger partial charge in [0.15, 0.2) is 11.5 Å². The molecule has 7 heteroatoms. The molecule has 1 unspecified atom stereocenters. The molecular formula is C18H29NO5S. The number of carbonyl (C=O) groups is 2. The second kappa shape index (κ2) is 14.6. The number of nitrogens with zero attached hydrogens (tertiary/aromatic N) is 1. The first-order valence-electron chi connectivity index (χ1n) is 8.09. The highest BCUT2D eigenvalue weighted by molar-refractivity contribution is 7.98. The average molecular weight is 371 g/mol. The van der Waals surface area contributed by atoms with Gasteiger partial charge < -0.3 is 24.3 Å². The molecule has 142 valence electrons. The van der Waals surface area contributed by atoms with Crippen molar-refractivity contribution in [3.05, 3.63) is 23.8 Å². The van der Waals surface area contributed by atoms with Crippen LogP contribution >= 0.6 is 11.8 Å². The summed E-state index contributed by atoms with van der Waals surface area (Å²) < 4.78 is 10.8. The van der Waals surface area contributed by atoms with Crippen molar-refractivity contribution in [3.8, 4) is 11.5 Å². The third-order valence-electron chi connectivity index (χ3n) is 3.58. The lowest BCUT2D eigenvalue weighted by Crippen LogP contribution is -2.32. The predicted octanol–water partition coefficient (Wildman–Crippen LogP) is 2.94. The monoisotopic (exact) mass is 371 g/mol. The number of rotatable bonds is 7. The second-order valence-corrected chi connectivity index (χ2v) is 6.39. The molecule has 0 aliphatic carbocycles. The molecular weight excluding hydrogens is 342 g/mol. The molecule has 25 heavy (non-hydrogen) atoms.